The molecule has 0 bridgehead atoms. The minimum Gasteiger partial charge on any atom is -0.312 e. The SMILES string of the molecule is CN(CCNC(C1CC1)C1CC1)CCc1cccs1. The molecule has 19 heavy (non-hydrogen) atoms. The van der Waals surface area contributed by atoms with Crippen molar-refractivity contribution in [3.05, 3.63) is 22.4 Å². The summed E-state index contributed by atoms with van der Waals surface area (Å²) in [5.74, 6) is 2.04. The third-order valence-electron chi connectivity index (χ3n) is 4.45. The smallest absolute Gasteiger partial charge is 0.0124 e. The Balaban J connectivity index is 1.30. The van der Waals surface area contributed by atoms with E-state index in [1.807, 2.05) is 11.3 Å². The first kappa shape index (κ1) is 13.6. The summed E-state index contributed by atoms with van der Waals surface area (Å²) in [6.45, 7) is 3.53. The topological polar surface area (TPSA) is 15.3 Å². The summed E-state index contributed by atoms with van der Waals surface area (Å²) in [6, 6.07) is 5.25. The predicted molar refractivity (Wildman–Crippen MR) is 82.8 cm³/mol. The van der Waals surface area contributed by atoms with E-state index in [1.54, 1.807) is 0 Å². The summed E-state index contributed by atoms with van der Waals surface area (Å²) in [5, 5.41) is 6.00. The van der Waals surface area contributed by atoms with Gasteiger partial charge in [0.15, 0.2) is 0 Å². The first-order valence-electron chi connectivity index (χ1n) is 7.77. The van der Waals surface area contributed by atoms with Crippen LogP contribution in [0.15, 0.2) is 17.5 Å². The molecule has 1 heterocycles. The standard InChI is InChI=1S/C16H26N2S/c1-18(10-8-15-3-2-12-19-15)11-9-17-16(13-4-5-13)14-6-7-14/h2-3,12-14,16-17H,4-11H2,1H3. The second-order valence-electron chi connectivity index (χ2n) is 6.29. The Hall–Kier alpha value is -0.380. The van der Waals surface area contributed by atoms with Gasteiger partial charge in [0, 0.05) is 30.6 Å². The molecule has 0 aliphatic heterocycles. The molecule has 0 radical (unpaired) electrons. The van der Waals surface area contributed by atoms with Crippen molar-refractivity contribution in [2.75, 3.05) is 26.7 Å². The van der Waals surface area contributed by atoms with Gasteiger partial charge < -0.3 is 10.2 Å². The van der Waals surface area contributed by atoms with Crippen molar-refractivity contribution in [1.82, 2.24) is 10.2 Å². The summed E-state index contributed by atoms with van der Waals surface area (Å²) < 4.78 is 0. The Kier molecular flexibility index (Phi) is 4.57. The lowest BCUT2D eigenvalue weighted by Crippen LogP contribution is -2.38. The molecule has 1 aromatic rings. The number of nitrogens with one attached hydrogen (secondary N) is 1. The molecule has 2 saturated carbocycles. The molecule has 3 rings (SSSR count). The van der Waals surface area contributed by atoms with Gasteiger partial charge >= 0.3 is 0 Å². The molecule has 0 amide bonds. The molecule has 0 spiro atoms. The van der Waals surface area contributed by atoms with Crippen molar-refractivity contribution in [3.63, 3.8) is 0 Å². The monoisotopic (exact) mass is 278 g/mol. The van der Waals surface area contributed by atoms with Crippen LogP contribution in [0.3, 0.4) is 0 Å². The van der Waals surface area contributed by atoms with E-state index in [9.17, 15) is 0 Å². The Labute approximate surface area is 121 Å². The summed E-state index contributed by atoms with van der Waals surface area (Å²) in [6.07, 6.45) is 7.10. The third-order valence-corrected chi connectivity index (χ3v) is 5.39. The van der Waals surface area contributed by atoms with Crippen LogP contribution in [0.4, 0.5) is 0 Å². The van der Waals surface area contributed by atoms with E-state index in [0.29, 0.717) is 0 Å². The lowest BCUT2D eigenvalue weighted by atomic mass is 10.1. The number of hydrogen-bond donors (Lipinski definition) is 1. The van der Waals surface area contributed by atoms with Crippen molar-refractivity contribution in [1.29, 1.82) is 0 Å². The average molecular weight is 278 g/mol. The fourth-order valence-electron chi connectivity index (χ4n) is 2.92. The first-order chi connectivity index (χ1) is 9.33. The second kappa shape index (κ2) is 6.38. The van der Waals surface area contributed by atoms with Crippen LogP contribution in [0.5, 0.6) is 0 Å². The van der Waals surface area contributed by atoms with Gasteiger partial charge in [-0.2, -0.15) is 0 Å². The highest BCUT2D eigenvalue weighted by Crippen LogP contribution is 2.44. The van der Waals surface area contributed by atoms with E-state index in [2.05, 4.69) is 34.8 Å². The molecule has 3 heteroatoms. The summed E-state index contributed by atoms with van der Waals surface area (Å²) >= 11 is 1.88. The number of thiophene rings is 1. The normalized spacial score (nSPS) is 19.5. The van der Waals surface area contributed by atoms with Crippen LogP contribution in [0.25, 0.3) is 0 Å². The van der Waals surface area contributed by atoms with Gasteiger partial charge in [-0.15, -0.1) is 11.3 Å². The highest BCUT2D eigenvalue weighted by molar-refractivity contribution is 7.09. The van der Waals surface area contributed by atoms with Crippen molar-refractivity contribution >= 4 is 11.3 Å². The molecule has 2 fully saturated rings. The Morgan fingerprint density at radius 1 is 1.26 bits per heavy atom. The molecule has 1 aromatic heterocycles. The number of nitrogens with zero attached hydrogens (tertiary/aromatic N) is 1. The molecule has 0 unspecified atom stereocenters. The zero-order valence-corrected chi connectivity index (χ0v) is 12.8. The van der Waals surface area contributed by atoms with E-state index in [1.165, 1.54) is 56.6 Å². The number of likely N-dealkylation sites (N-methyl/N-ethyl adjacent to an activating group) is 1. The van der Waals surface area contributed by atoms with E-state index in [-0.39, 0.29) is 0 Å². The van der Waals surface area contributed by atoms with Gasteiger partial charge in [-0.25, -0.2) is 0 Å². The predicted octanol–water partition coefficient (Wildman–Crippen LogP) is 3.00. The van der Waals surface area contributed by atoms with Crippen LogP contribution >= 0.6 is 11.3 Å². The van der Waals surface area contributed by atoms with E-state index >= 15 is 0 Å². The summed E-state index contributed by atoms with van der Waals surface area (Å²) in [7, 11) is 2.25. The highest BCUT2D eigenvalue weighted by Gasteiger charge is 2.40. The molecule has 2 aliphatic rings. The van der Waals surface area contributed by atoms with Crippen molar-refractivity contribution in [3.8, 4) is 0 Å². The Morgan fingerprint density at radius 2 is 2.00 bits per heavy atom. The molecule has 2 aliphatic carbocycles. The first-order valence-corrected chi connectivity index (χ1v) is 8.65. The van der Waals surface area contributed by atoms with Crippen LogP contribution in [0, 0.1) is 11.8 Å². The van der Waals surface area contributed by atoms with Crippen molar-refractivity contribution < 1.29 is 0 Å². The summed E-state index contributed by atoms with van der Waals surface area (Å²) in [5.41, 5.74) is 0. The lowest BCUT2D eigenvalue weighted by molar-refractivity contribution is 0.315. The molecule has 2 nitrogen and oxygen atoms in total. The molecular weight excluding hydrogens is 252 g/mol. The molecule has 106 valence electrons. The van der Waals surface area contributed by atoms with Crippen LogP contribution in [0.1, 0.15) is 30.6 Å². The Morgan fingerprint density at radius 3 is 2.58 bits per heavy atom. The maximum atomic E-state index is 3.83. The minimum absolute atomic E-state index is 0.852. The number of hydrogen-bond acceptors (Lipinski definition) is 3. The maximum Gasteiger partial charge on any atom is 0.0124 e. The maximum absolute atomic E-state index is 3.83. The van der Waals surface area contributed by atoms with Crippen molar-refractivity contribution in [2.24, 2.45) is 11.8 Å². The van der Waals surface area contributed by atoms with Gasteiger partial charge in [0.1, 0.15) is 0 Å². The van der Waals surface area contributed by atoms with Crippen molar-refractivity contribution in [2.45, 2.75) is 38.1 Å². The van der Waals surface area contributed by atoms with Crippen LogP contribution < -0.4 is 5.32 Å². The fourth-order valence-corrected chi connectivity index (χ4v) is 3.62. The number of rotatable bonds is 9. The van der Waals surface area contributed by atoms with Gasteiger partial charge in [-0.3, -0.25) is 0 Å². The summed E-state index contributed by atoms with van der Waals surface area (Å²) in [4.78, 5) is 3.97. The van der Waals surface area contributed by atoms with Crippen LogP contribution in [-0.4, -0.2) is 37.6 Å². The molecular formula is C16H26N2S. The van der Waals surface area contributed by atoms with Crippen LogP contribution in [0.2, 0.25) is 0 Å². The minimum atomic E-state index is 0.852. The van der Waals surface area contributed by atoms with Crippen LogP contribution in [-0.2, 0) is 6.42 Å². The molecule has 0 aromatic carbocycles. The zero-order chi connectivity index (χ0) is 13.1. The van der Waals surface area contributed by atoms with Gasteiger partial charge in [-0.1, -0.05) is 6.07 Å². The van der Waals surface area contributed by atoms with Gasteiger partial charge in [0.2, 0.25) is 0 Å². The van der Waals surface area contributed by atoms with Gasteiger partial charge in [0.05, 0.1) is 0 Å². The van der Waals surface area contributed by atoms with E-state index < -0.39 is 0 Å². The van der Waals surface area contributed by atoms with E-state index in [0.717, 1.165) is 17.9 Å². The molecule has 0 atom stereocenters. The largest absolute Gasteiger partial charge is 0.312 e. The fraction of sp³-hybridized carbons (Fsp3) is 0.750. The second-order valence-corrected chi connectivity index (χ2v) is 7.32. The van der Waals surface area contributed by atoms with Gasteiger partial charge in [0.25, 0.3) is 0 Å². The molecule has 0 saturated heterocycles. The van der Waals surface area contributed by atoms with Gasteiger partial charge in [-0.05, 0) is 62.4 Å². The Bertz CT molecular complexity index is 356. The third kappa shape index (κ3) is 4.30. The zero-order valence-electron chi connectivity index (χ0n) is 12.0. The lowest BCUT2D eigenvalue weighted by Gasteiger charge is -2.21. The quantitative estimate of drug-likeness (QED) is 0.747. The average Bonchev–Trinajstić information content (AvgIpc) is 3.33. The highest BCUT2D eigenvalue weighted by atomic mass is 32.1. The van der Waals surface area contributed by atoms with E-state index in [4.69, 9.17) is 0 Å². The molecule has 1 N–H and O–H groups in total.